The number of thioether (sulfide) groups is 1. The zero-order chi connectivity index (χ0) is 18.1. The Hall–Kier alpha value is -2.80. The van der Waals surface area contributed by atoms with Gasteiger partial charge in [-0.05, 0) is 25.1 Å². The van der Waals surface area contributed by atoms with Crippen molar-refractivity contribution in [3.63, 3.8) is 0 Å². The fraction of sp³-hybridized carbons (Fsp3) is 0.105. The molecule has 4 rings (SSSR count). The highest BCUT2D eigenvalue weighted by Gasteiger charge is 2.17. The smallest absolute Gasteiger partial charge is 0.167 e. The molecule has 0 aliphatic rings. The fourth-order valence-electron chi connectivity index (χ4n) is 2.74. The van der Waals surface area contributed by atoms with Crippen molar-refractivity contribution in [2.75, 3.05) is 0 Å². The number of halogens is 2. The molecule has 0 amide bonds. The molecule has 0 saturated heterocycles. The number of hydrogen-bond donors (Lipinski definition) is 0. The van der Waals surface area contributed by atoms with Crippen LogP contribution in [0.25, 0.3) is 16.7 Å². The van der Waals surface area contributed by atoms with Gasteiger partial charge in [0.1, 0.15) is 23.0 Å². The van der Waals surface area contributed by atoms with Crippen LogP contribution < -0.4 is 0 Å². The first-order valence-corrected chi connectivity index (χ1v) is 8.87. The highest BCUT2D eigenvalue weighted by Crippen LogP contribution is 2.37. The molecule has 1 unspecified atom stereocenters. The minimum Gasteiger partial charge on any atom is -0.229 e. The van der Waals surface area contributed by atoms with Gasteiger partial charge >= 0.3 is 0 Å². The maximum atomic E-state index is 14.0. The van der Waals surface area contributed by atoms with Gasteiger partial charge in [0.05, 0.1) is 17.3 Å². The molecule has 0 radical (unpaired) electrons. The first-order valence-electron chi connectivity index (χ1n) is 7.99. The monoisotopic (exact) mass is 368 g/mol. The van der Waals surface area contributed by atoms with E-state index in [9.17, 15) is 8.78 Å². The molecule has 0 aliphatic carbocycles. The summed E-state index contributed by atoms with van der Waals surface area (Å²) in [5.74, 6) is -1.15. The Morgan fingerprint density at radius 3 is 2.62 bits per heavy atom. The standard InChI is InChI=1S/C19H14F2N4S/c1-12(15-8-7-13(20)9-17(15)21)26-19-16-10-24-25(18(16)22-11-23-19)14-5-3-2-4-6-14/h2-12H,1H3. The van der Waals surface area contributed by atoms with E-state index in [2.05, 4.69) is 15.1 Å². The number of benzene rings is 2. The summed E-state index contributed by atoms with van der Waals surface area (Å²) in [4.78, 5) is 8.67. The lowest BCUT2D eigenvalue weighted by atomic mass is 10.1. The Kier molecular flexibility index (Phi) is 4.38. The second-order valence-corrected chi connectivity index (χ2v) is 7.06. The molecule has 2 heterocycles. The predicted molar refractivity (Wildman–Crippen MR) is 97.3 cm³/mol. The van der Waals surface area contributed by atoms with Crippen molar-refractivity contribution in [3.05, 3.63) is 78.3 Å². The van der Waals surface area contributed by atoms with E-state index in [4.69, 9.17) is 0 Å². The average Bonchev–Trinajstić information content (AvgIpc) is 3.07. The molecule has 7 heteroatoms. The molecule has 26 heavy (non-hydrogen) atoms. The summed E-state index contributed by atoms with van der Waals surface area (Å²) >= 11 is 1.39. The van der Waals surface area contributed by atoms with Gasteiger partial charge in [0.15, 0.2) is 5.65 Å². The number of hydrogen-bond acceptors (Lipinski definition) is 4. The molecule has 2 aromatic carbocycles. The zero-order valence-electron chi connectivity index (χ0n) is 13.8. The van der Waals surface area contributed by atoms with Gasteiger partial charge in [-0.15, -0.1) is 0 Å². The number of nitrogens with zero attached hydrogens (tertiary/aromatic N) is 4. The second-order valence-electron chi connectivity index (χ2n) is 5.73. The average molecular weight is 368 g/mol. The molecular formula is C19H14F2N4S. The van der Waals surface area contributed by atoms with E-state index >= 15 is 0 Å². The van der Waals surface area contributed by atoms with Crippen molar-refractivity contribution >= 4 is 22.8 Å². The summed E-state index contributed by atoms with van der Waals surface area (Å²) in [6.07, 6.45) is 3.18. The lowest BCUT2D eigenvalue weighted by Gasteiger charge is -2.12. The number of fused-ring (bicyclic) bond motifs is 1. The Morgan fingerprint density at radius 1 is 1.04 bits per heavy atom. The van der Waals surface area contributed by atoms with E-state index in [0.717, 1.165) is 17.1 Å². The molecule has 0 bridgehead atoms. The van der Waals surface area contributed by atoms with Crippen molar-refractivity contribution in [2.24, 2.45) is 0 Å². The Morgan fingerprint density at radius 2 is 1.85 bits per heavy atom. The van der Waals surface area contributed by atoms with Gasteiger partial charge in [-0.25, -0.2) is 23.4 Å². The molecule has 4 nitrogen and oxygen atoms in total. The van der Waals surface area contributed by atoms with Crippen molar-refractivity contribution in [1.82, 2.24) is 19.7 Å². The number of aromatic nitrogens is 4. The Balaban J connectivity index is 1.70. The zero-order valence-corrected chi connectivity index (χ0v) is 14.6. The Bertz CT molecular complexity index is 1070. The summed E-state index contributed by atoms with van der Waals surface area (Å²) in [5.41, 5.74) is 2.01. The maximum Gasteiger partial charge on any atom is 0.167 e. The van der Waals surface area contributed by atoms with Gasteiger partial charge in [-0.3, -0.25) is 0 Å². The lowest BCUT2D eigenvalue weighted by Crippen LogP contribution is -1.98. The van der Waals surface area contributed by atoms with Crippen LogP contribution in [0.5, 0.6) is 0 Å². The van der Waals surface area contributed by atoms with E-state index in [1.165, 1.54) is 30.2 Å². The summed E-state index contributed by atoms with van der Waals surface area (Å²) < 4.78 is 28.9. The minimum absolute atomic E-state index is 0.242. The van der Waals surface area contributed by atoms with Crippen molar-refractivity contribution in [3.8, 4) is 5.69 Å². The molecule has 130 valence electrons. The summed E-state index contributed by atoms with van der Waals surface area (Å²) in [6.45, 7) is 1.86. The fourth-order valence-corrected chi connectivity index (χ4v) is 3.77. The topological polar surface area (TPSA) is 43.6 Å². The van der Waals surface area contributed by atoms with E-state index in [1.54, 1.807) is 10.9 Å². The van der Waals surface area contributed by atoms with Gasteiger partial charge in [-0.2, -0.15) is 5.10 Å². The van der Waals surface area contributed by atoms with Gasteiger partial charge in [-0.1, -0.05) is 36.0 Å². The normalized spacial score (nSPS) is 12.4. The quantitative estimate of drug-likeness (QED) is 0.378. The molecule has 0 N–H and O–H groups in total. The van der Waals surface area contributed by atoms with Crippen LogP contribution in [-0.2, 0) is 0 Å². The van der Waals surface area contributed by atoms with Crippen molar-refractivity contribution < 1.29 is 8.78 Å². The molecule has 2 aromatic heterocycles. The van der Waals surface area contributed by atoms with Crippen LogP contribution in [0, 0.1) is 11.6 Å². The molecule has 0 fully saturated rings. The summed E-state index contributed by atoms with van der Waals surface area (Å²) in [7, 11) is 0. The van der Waals surface area contributed by atoms with Crippen LogP contribution in [-0.4, -0.2) is 19.7 Å². The third-order valence-electron chi connectivity index (χ3n) is 4.02. The van der Waals surface area contributed by atoms with Crippen LogP contribution in [0.2, 0.25) is 0 Å². The van der Waals surface area contributed by atoms with Crippen LogP contribution in [0.15, 0.2) is 66.1 Å². The van der Waals surface area contributed by atoms with Crippen LogP contribution in [0.1, 0.15) is 17.7 Å². The van der Waals surface area contributed by atoms with Crippen LogP contribution in [0.3, 0.4) is 0 Å². The largest absolute Gasteiger partial charge is 0.229 e. The number of rotatable bonds is 4. The van der Waals surface area contributed by atoms with Crippen molar-refractivity contribution in [2.45, 2.75) is 17.2 Å². The molecular weight excluding hydrogens is 354 g/mol. The molecule has 1 atom stereocenters. The minimum atomic E-state index is -0.586. The SMILES string of the molecule is CC(Sc1ncnc2c1cnn2-c1ccccc1)c1ccc(F)cc1F. The third kappa shape index (κ3) is 3.06. The summed E-state index contributed by atoms with van der Waals surface area (Å²) in [5, 5.41) is 5.66. The van der Waals surface area contributed by atoms with Gasteiger partial charge in [0, 0.05) is 16.9 Å². The third-order valence-corrected chi connectivity index (χ3v) is 5.17. The van der Waals surface area contributed by atoms with Crippen LogP contribution in [0.4, 0.5) is 8.78 Å². The lowest BCUT2D eigenvalue weighted by molar-refractivity contribution is 0.573. The first-order chi connectivity index (χ1) is 12.6. The predicted octanol–water partition coefficient (Wildman–Crippen LogP) is 4.95. The van der Waals surface area contributed by atoms with E-state index < -0.39 is 11.6 Å². The second kappa shape index (κ2) is 6.84. The van der Waals surface area contributed by atoms with E-state index in [1.807, 2.05) is 37.3 Å². The highest BCUT2D eigenvalue weighted by molar-refractivity contribution is 7.99. The Labute approximate surface area is 152 Å². The highest BCUT2D eigenvalue weighted by atomic mass is 32.2. The van der Waals surface area contributed by atoms with Gasteiger partial charge in [0.2, 0.25) is 0 Å². The van der Waals surface area contributed by atoms with Crippen LogP contribution >= 0.6 is 11.8 Å². The molecule has 0 aliphatic heterocycles. The van der Waals surface area contributed by atoms with E-state index in [0.29, 0.717) is 16.2 Å². The maximum absolute atomic E-state index is 14.0. The molecule has 0 spiro atoms. The summed E-state index contributed by atoms with van der Waals surface area (Å²) in [6, 6.07) is 13.3. The molecule has 0 saturated carbocycles. The van der Waals surface area contributed by atoms with Gasteiger partial charge < -0.3 is 0 Å². The van der Waals surface area contributed by atoms with E-state index in [-0.39, 0.29) is 5.25 Å². The van der Waals surface area contributed by atoms with Gasteiger partial charge in [0.25, 0.3) is 0 Å². The number of para-hydroxylation sites is 1. The molecule has 4 aromatic rings. The first kappa shape index (κ1) is 16.7. The van der Waals surface area contributed by atoms with Crippen molar-refractivity contribution in [1.29, 1.82) is 0 Å².